The van der Waals surface area contributed by atoms with E-state index in [4.69, 9.17) is 4.74 Å². The van der Waals surface area contributed by atoms with E-state index in [9.17, 15) is 8.42 Å². The van der Waals surface area contributed by atoms with Crippen molar-refractivity contribution in [3.63, 3.8) is 0 Å². The van der Waals surface area contributed by atoms with Crippen molar-refractivity contribution >= 4 is 21.5 Å². The zero-order chi connectivity index (χ0) is 16.9. The van der Waals surface area contributed by atoms with Gasteiger partial charge in [0.1, 0.15) is 11.6 Å². The second kappa shape index (κ2) is 7.32. The van der Waals surface area contributed by atoms with E-state index in [1.807, 2.05) is 0 Å². The van der Waals surface area contributed by atoms with Crippen LogP contribution in [0.1, 0.15) is 13.8 Å². The largest absolute Gasteiger partial charge is 0.497 e. The molecule has 124 valence electrons. The maximum absolute atomic E-state index is 12.3. The van der Waals surface area contributed by atoms with E-state index in [1.54, 1.807) is 24.3 Å². The van der Waals surface area contributed by atoms with E-state index in [0.717, 1.165) is 6.54 Å². The molecule has 1 aromatic carbocycles. The molecule has 6 nitrogen and oxygen atoms in total. The number of anilines is 2. The highest BCUT2D eigenvalue weighted by Crippen LogP contribution is 2.19. The van der Waals surface area contributed by atoms with Crippen molar-refractivity contribution in [2.45, 2.75) is 18.7 Å². The van der Waals surface area contributed by atoms with Crippen LogP contribution < -0.4 is 14.8 Å². The van der Waals surface area contributed by atoms with Crippen molar-refractivity contribution in [2.24, 2.45) is 5.92 Å². The highest BCUT2D eigenvalue weighted by molar-refractivity contribution is 7.92. The van der Waals surface area contributed by atoms with Gasteiger partial charge < -0.3 is 10.1 Å². The molecule has 2 N–H and O–H groups in total. The molecule has 0 aliphatic carbocycles. The molecule has 0 saturated heterocycles. The summed E-state index contributed by atoms with van der Waals surface area (Å²) in [7, 11) is -2.11. The van der Waals surface area contributed by atoms with Crippen LogP contribution in [0.3, 0.4) is 0 Å². The number of ether oxygens (including phenoxy) is 1. The van der Waals surface area contributed by atoms with Gasteiger partial charge in [-0.15, -0.1) is 0 Å². The first-order valence-electron chi connectivity index (χ1n) is 7.27. The molecular formula is C16H21N3O3S. The van der Waals surface area contributed by atoms with Crippen LogP contribution in [-0.2, 0) is 10.0 Å². The number of sulfonamides is 1. The Morgan fingerprint density at radius 3 is 2.35 bits per heavy atom. The van der Waals surface area contributed by atoms with Crippen LogP contribution in [0, 0.1) is 5.92 Å². The molecule has 1 heterocycles. The second-order valence-electron chi connectivity index (χ2n) is 5.49. The van der Waals surface area contributed by atoms with Crippen LogP contribution in [0.2, 0.25) is 0 Å². The first-order valence-corrected chi connectivity index (χ1v) is 8.76. The molecule has 0 saturated carbocycles. The van der Waals surface area contributed by atoms with Crippen LogP contribution in [0.15, 0.2) is 47.5 Å². The smallest absolute Gasteiger partial charge is 0.261 e. The average Bonchev–Trinajstić information content (AvgIpc) is 2.54. The lowest BCUT2D eigenvalue weighted by atomic mass is 10.2. The fourth-order valence-electron chi connectivity index (χ4n) is 1.84. The van der Waals surface area contributed by atoms with Crippen molar-refractivity contribution in [3.05, 3.63) is 42.6 Å². The summed E-state index contributed by atoms with van der Waals surface area (Å²) in [6, 6.07) is 9.61. The van der Waals surface area contributed by atoms with Gasteiger partial charge in [0.15, 0.2) is 0 Å². The van der Waals surface area contributed by atoms with Gasteiger partial charge in [-0.25, -0.2) is 13.4 Å². The minimum absolute atomic E-state index is 0.167. The predicted molar refractivity (Wildman–Crippen MR) is 91.4 cm³/mol. The number of hydrogen-bond donors (Lipinski definition) is 2. The van der Waals surface area contributed by atoms with Crippen LogP contribution in [0.25, 0.3) is 0 Å². The molecule has 0 atom stereocenters. The monoisotopic (exact) mass is 335 g/mol. The number of methoxy groups -OCH3 is 1. The first kappa shape index (κ1) is 17.1. The summed E-state index contributed by atoms with van der Waals surface area (Å²) in [6.45, 7) is 5.01. The molecule has 0 aliphatic heterocycles. The molecule has 7 heteroatoms. The third-order valence-electron chi connectivity index (χ3n) is 3.08. The lowest BCUT2D eigenvalue weighted by molar-refractivity contribution is 0.414. The number of nitrogens with zero attached hydrogens (tertiary/aromatic N) is 1. The Balaban J connectivity index is 2.07. The Bertz CT molecular complexity index is 726. The summed E-state index contributed by atoms with van der Waals surface area (Å²) in [5, 5.41) is 3.18. The molecule has 0 radical (unpaired) electrons. The van der Waals surface area contributed by atoms with Crippen molar-refractivity contribution < 1.29 is 13.2 Å². The van der Waals surface area contributed by atoms with Gasteiger partial charge in [-0.05, 0) is 42.3 Å². The van der Waals surface area contributed by atoms with E-state index >= 15 is 0 Å². The van der Waals surface area contributed by atoms with Crippen molar-refractivity contribution in [2.75, 3.05) is 23.7 Å². The molecule has 0 fully saturated rings. The zero-order valence-electron chi connectivity index (χ0n) is 13.4. The van der Waals surface area contributed by atoms with Gasteiger partial charge in [-0.3, -0.25) is 4.72 Å². The van der Waals surface area contributed by atoms with E-state index in [1.165, 1.54) is 25.4 Å². The molecule has 0 spiro atoms. The minimum Gasteiger partial charge on any atom is -0.497 e. The third-order valence-corrected chi connectivity index (χ3v) is 4.47. The molecular weight excluding hydrogens is 314 g/mol. The Hall–Kier alpha value is -2.28. The van der Waals surface area contributed by atoms with Gasteiger partial charge in [0, 0.05) is 6.54 Å². The van der Waals surface area contributed by atoms with Crippen LogP contribution in [0.4, 0.5) is 11.5 Å². The SMILES string of the molecule is COc1ccc(S(=O)(=O)Nc2ccc(NCC(C)C)nc2)cc1. The number of benzene rings is 1. The van der Waals surface area contributed by atoms with Gasteiger partial charge in [0.25, 0.3) is 10.0 Å². The number of pyridine rings is 1. The Kier molecular flexibility index (Phi) is 5.44. The van der Waals surface area contributed by atoms with E-state index in [2.05, 4.69) is 28.9 Å². The number of rotatable bonds is 7. The predicted octanol–water partition coefficient (Wildman–Crippen LogP) is 2.96. The summed E-state index contributed by atoms with van der Waals surface area (Å²) in [4.78, 5) is 4.36. The third kappa shape index (κ3) is 4.85. The zero-order valence-corrected chi connectivity index (χ0v) is 14.2. The summed E-state index contributed by atoms with van der Waals surface area (Å²) < 4.78 is 32.1. The summed E-state index contributed by atoms with van der Waals surface area (Å²) in [5.41, 5.74) is 0.413. The van der Waals surface area contributed by atoms with Gasteiger partial charge in [-0.2, -0.15) is 0 Å². The van der Waals surface area contributed by atoms with Gasteiger partial charge >= 0.3 is 0 Å². The average molecular weight is 335 g/mol. The number of aromatic nitrogens is 1. The van der Waals surface area contributed by atoms with Crippen LogP contribution >= 0.6 is 0 Å². The molecule has 0 aliphatic rings. The molecule has 0 amide bonds. The number of nitrogens with one attached hydrogen (secondary N) is 2. The topological polar surface area (TPSA) is 80.3 Å². The van der Waals surface area contributed by atoms with E-state index < -0.39 is 10.0 Å². The molecule has 0 bridgehead atoms. The molecule has 1 aromatic heterocycles. The first-order chi connectivity index (χ1) is 10.9. The highest BCUT2D eigenvalue weighted by atomic mass is 32.2. The Morgan fingerprint density at radius 2 is 1.83 bits per heavy atom. The summed E-state index contributed by atoms with van der Waals surface area (Å²) in [5.74, 6) is 1.82. The quantitative estimate of drug-likeness (QED) is 0.813. The summed E-state index contributed by atoms with van der Waals surface area (Å²) >= 11 is 0. The van der Waals surface area contributed by atoms with Gasteiger partial charge in [0.05, 0.1) is 23.9 Å². The molecule has 2 rings (SSSR count). The van der Waals surface area contributed by atoms with Crippen LogP contribution in [-0.4, -0.2) is 27.1 Å². The second-order valence-corrected chi connectivity index (χ2v) is 7.17. The lowest BCUT2D eigenvalue weighted by Gasteiger charge is -2.10. The molecule has 2 aromatic rings. The number of hydrogen-bond acceptors (Lipinski definition) is 5. The normalized spacial score (nSPS) is 11.3. The lowest BCUT2D eigenvalue weighted by Crippen LogP contribution is -2.13. The van der Waals surface area contributed by atoms with Crippen LogP contribution in [0.5, 0.6) is 5.75 Å². The van der Waals surface area contributed by atoms with Crippen molar-refractivity contribution in [1.29, 1.82) is 0 Å². The highest BCUT2D eigenvalue weighted by Gasteiger charge is 2.14. The fraction of sp³-hybridized carbons (Fsp3) is 0.312. The van der Waals surface area contributed by atoms with E-state index in [0.29, 0.717) is 23.2 Å². The fourth-order valence-corrected chi connectivity index (χ4v) is 2.88. The standard InChI is InChI=1S/C16H21N3O3S/c1-12(2)10-17-16-9-4-13(11-18-16)19-23(20,21)15-7-5-14(22-3)6-8-15/h4-9,11-12,19H,10H2,1-3H3,(H,17,18). The van der Waals surface area contributed by atoms with Gasteiger partial charge in [-0.1, -0.05) is 13.8 Å². The Morgan fingerprint density at radius 1 is 1.13 bits per heavy atom. The minimum atomic E-state index is -3.64. The summed E-state index contributed by atoms with van der Waals surface area (Å²) in [6.07, 6.45) is 1.49. The maximum atomic E-state index is 12.3. The Labute approximate surface area is 137 Å². The molecule has 0 unspecified atom stereocenters. The molecule has 23 heavy (non-hydrogen) atoms. The van der Waals surface area contributed by atoms with Gasteiger partial charge in [0.2, 0.25) is 0 Å². The van der Waals surface area contributed by atoms with Crippen molar-refractivity contribution in [1.82, 2.24) is 4.98 Å². The maximum Gasteiger partial charge on any atom is 0.261 e. The van der Waals surface area contributed by atoms with E-state index in [-0.39, 0.29) is 4.90 Å². The van der Waals surface area contributed by atoms with Crippen molar-refractivity contribution in [3.8, 4) is 5.75 Å².